The highest BCUT2D eigenvalue weighted by molar-refractivity contribution is 5.90. The molecule has 21 heavy (non-hydrogen) atoms. The molecule has 0 radical (unpaired) electrons. The number of aromatic nitrogens is 3. The van der Waals surface area contributed by atoms with E-state index in [0.29, 0.717) is 12.2 Å². The van der Waals surface area contributed by atoms with Gasteiger partial charge in [-0.2, -0.15) is 5.10 Å². The number of carbonyl (C=O) groups is 1. The Bertz CT molecular complexity index is 470. The molecule has 0 bridgehead atoms. The molecule has 0 aliphatic heterocycles. The Kier molecular flexibility index (Phi) is 5.14. The summed E-state index contributed by atoms with van der Waals surface area (Å²) in [5.41, 5.74) is -0.267. The fourth-order valence-corrected chi connectivity index (χ4v) is 3.70. The van der Waals surface area contributed by atoms with Gasteiger partial charge in [0, 0.05) is 6.04 Å². The molecule has 1 saturated carbocycles. The first-order valence-electron chi connectivity index (χ1n) is 8.22. The number of hydrogen-bond donors (Lipinski definition) is 0. The van der Waals surface area contributed by atoms with Crippen LogP contribution in [0.2, 0.25) is 0 Å². The smallest absolute Gasteiger partial charge is 0.160 e. The van der Waals surface area contributed by atoms with Crippen molar-refractivity contribution in [1.29, 1.82) is 0 Å². The first kappa shape index (κ1) is 16.1. The van der Waals surface area contributed by atoms with E-state index in [4.69, 9.17) is 0 Å². The van der Waals surface area contributed by atoms with Crippen molar-refractivity contribution in [2.24, 2.45) is 0 Å². The first-order chi connectivity index (χ1) is 10.0. The van der Waals surface area contributed by atoms with Crippen LogP contribution in [0.15, 0.2) is 6.33 Å². The molecule has 0 amide bonds. The van der Waals surface area contributed by atoms with Crippen molar-refractivity contribution in [3.05, 3.63) is 12.2 Å². The third-order valence-corrected chi connectivity index (χ3v) is 4.77. The second-order valence-corrected chi connectivity index (χ2v) is 6.23. The van der Waals surface area contributed by atoms with Crippen molar-refractivity contribution in [2.75, 3.05) is 13.1 Å². The number of nitrogens with zero attached hydrogens (tertiary/aromatic N) is 4. The summed E-state index contributed by atoms with van der Waals surface area (Å²) < 4.78 is 1.86. The van der Waals surface area contributed by atoms with Crippen LogP contribution < -0.4 is 0 Å². The predicted octanol–water partition coefficient (Wildman–Crippen LogP) is 2.63. The van der Waals surface area contributed by atoms with Crippen LogP contribution in [0.25, 0.3) is 0 Å². The Morgan fingerprint density at radius 3 is 2.48 bits per heavy atom. The van der Waals surface area contributed by atoms with Crippen molar-refractivity contribution in [1.82, 2.24) is 19.7 Å². The van der Waals surface area contributed by atoms with Gasteiger partial charge in [-0.25, -0.2) is 9.67 Å². The maximum absolute atomic E-state index is 13.0. The van der Waals surface area contributed by atoms with Gasteiger partial charge in [-0.05, 0) is 39.8 Å². The van der Waals surface area contributed by atoms with E-state index in [9.17, 15) is 4.79 Å². The van der Waals surface area contributed by atoms with Crippen LogP contribution in [0.1, 0.15) is 65.2 Å². The van der Waals surface area contributed by atoms with Gasteiger partial charge >= 0.3 is 0 Å². The second-order valence-electron chi connectivity index (χ2n) is 6.23. The molecule has 118 valence electrons. The lowest BCUT2D eigenvalue weighted by Gasteiger charge is -2.39. The zero-order valence-corrected chi connectivity index (χ0v) is 13.8. The van der Waals surface area contributed by atoms with Crippen LogP contribution >= 0.6 is 0 Å². The van der Waals surface area contributed by atoms with Crippen molar-refractivity contribution in [2.45, 2.75) is 71.4 Å². The molecule has 1 aliphatic carbocycles. The minimum absolute atomic E-state index is 0.239. The average molecular weight is 292 g/mol. The van der Waals surface area contributed by atoms with E-state index in [1.54, 1.807) is 6.33 Å². The van der Waals surface area contributed by atoms with E-state index in [2.05, 4.69) is 42.7 Å². The third-order valence-electron chi connectivity index (χ3n) is 4.77. The highest BCUT2D eigenvalue weighted by atomic mass is 16.1. The number of ketones is 1. The van der Waals surface area contributed by atoms with Crippen LogP contribution in [-0.4, -0.2) is 44.1 Å². The van der Waals surface area contributed by atoms with Crippen LogP contribution in [0, 0.1) is 0 Å². The largest absolute Gasteiger partial charge is 0.297 e. The SMILES string of the molecule is CCN(CC)C1(C(=O)Cc2ncnn2C(C)C)CCCC1. The minimum atomic E-state index is -0.267. The average Bonchev–Trinajstić information content (AvgIpc) is 3.09. The standard InChI is InChI=1S/C16H28N4O/c1-5-19(6-2)16(9-7-8-10-16)14(21)11-15-17-12-18-20(15)13(3)4/h12-13H,5-11H2,1-4H3. The summed E-state index contributed by atoms with van der Waals surface area (Å²) in [7, 11) is 0. The molecule has 2 rings (SSSR count). The first-order valence-corrected chi connectivity index (χ1v) is 8.22. The molecule has 0 aromatic carbocycles. The van der Waals surface area contributed by atoms with E-state index >= 15 is 0 Å². The quantitative estimate of drug-likeness (QED) is 0.775. The van der Waals surface area contributed by atoms with Gasteiger partial charge in [0.15, 0.2) is 5.78 Å². The summed E-state index contributed by atoms with van der Waals surface area (Å²) in [6.07, 6.45) is 6.24. The molecule has 1 aromatic heterocycles. The normalized spacial score (nSPS) is 17.8. The molecular weight excluding hydrogens is 264 g/mol. The zero-order valence-electron chi connectivity index (χ0n) is 13.8. The van der Waals surface area contributed by atoms with Crippen molar-refractivity contribution in [3.8, 4) is 0 Å². The molecule has 0 atom stereocenters. The molecule has 1 aliphatic rings. The summed E-state index contributed by atoms with van der Waals surface area (Å²) >= 11 is 0. The molecule has 0 saturated heterocycles. The lowest BCUT2D eigenvalue weighted by molar-refractivity contribution is -0.130. The van der Waals surface area contributed by atoms with E-state index in [0.717, 1.165) is 44.6 Å². The number of hydrogen-bond acceptors (Lipinski definition) is 4. The van der Waals surface area contributed by atoms with Crippen LogP contribution in [0.5, 0.6) is 0 Å². The van der Waals surface area contributed by atoms with E-state index in [1.807, 2.05) is 4.68 Å². The topological polar surface area (TPSA) is 51.0 Å². The zero-order chi connectivity index (χ0) is 15.5. The van der Waals surface area contributed by atoms with Gasteiger partial charge in [-0.15, -0.1) is 0 Å². The van der Waals surface area contributed by atoms with Gasteiger partial charge in [-0.1, -0.05) is 26.7 Å². The summed E-state index contributed by atoms with van der Waals surface area (Å²) in [6, 6.07) is 0.239. The molecular formula is C16H28N4O. The minimum Gasteiger partial charge on any atom is -0.297 e. The lowest BCUT2D eigenvalue weighted by atomic mass is 9.87. The van der Waals surface area contributed by atoms with Gasteiger partial charge in [0.05, 0.1) is 12.0 Å². The van der Waals surface area contributed by atoms with Gasteiger partial charge in [0.2, 0.25) is 0 Å². The Labute approximate surface area is 127 Å². The number of Topliss-reactive ketones (excluding diaryl/α,β-unsaturated/α-hetero) is 1. The Morgan fingerprint density at radius 1 is 1.33 bits per heavy atom. The van der Waals surface area contributed by atoms with Crippen molar-refractivity contribution < 1.29 is 4.79 Å². The van der Waals surface area contributed by atoms with Gasteiger partial charge in [0.25, 0.3) is 0 Å². The number of rotatable bonds is 7. The molecule has 0 N–H and O–H groups in total. The molecule has 0 spiro atoms. The van der Waals surface area contributed by atoms with E-state index < -0.39 is 0 Å². The van der Waals surface area contributed by atoms with Crippen molar-refractivity contribution >= 4 is 5.78 Å². The monoisotopic (exact) mass is 292 g/mol. The maximum atomic E-state index is 13.0. The summed E-state index contributed by atoms with van der Waals surface area (Å²) in [5, 5.41) is 4.24. The van der Waals surface area contributed by atoms with Crippen molar-refractivity contribution in [3.63, 3.8) is 0 Å². The Hall–Kier alpha value is -1.23. The summed E-state index contributed by atoms with van der Waals surface area (Å²) in [4.78, 5) is 19.7. The fraction of sp³-hybridized carbons (Fsp3) is 0.812. The third kappa shape index (κ3) is 3.03. The highest BCUT2D eigenvalue weighted by Crippen LogP contribution is 2.36. The molecule has 1 aromatic rings. The number of likely N-dealkylation sites (N-methyl/N-ethyl adjacent to an activating group) is 1. The molecule has 0 unspecified atom stereocenters. The molecule has 5 nitrogen and oxygen atoms in total. The highest BCUT2D eigenvalue weighted by Gasteiger charge is 2.44. The predicted molar refractivity (Wildman–Crippen MR) is 83.2 cm³/mol. The van der Waals surface area contributed by atoms with E-state index in [-0.39, 0.29) is 11.6 Å². The van der Waals surface area contributed by atoms with Crippen LogP contribution in [-0.2, 0) is 11.2 Å². The summed E-state index contributed by atoms with van der Waals surface area (Å²) in [5.74, 6) is 1.12. The molecule has 1 heterocycles. The molecule has 1 fully saturated rings. The van der Waals surface area contributed by atoms with E-state index in [1.165, 1.54) is 0 Å². The lowest BCUT2D eigenvalue weighted by Crippen LogP contribution is -2.53. The fourth-order valence-electron chi connectivity index (χ4n) is 3.70. The maximum Gasteiger partial charge on any atom is 0.160 e. The summed E-state index contributed by atoms with van der Waals surface area (Å²) in [6.45, 7) is 10.3. The van der Waals surface area contributed by atoms with Gasteiger partial charge < -0.3 is 0 Å². The van der Waals surface area contributed by atoms with Gasteiger partial charge in [0.1, 0.15) is 12.2 Å². The Balaban J connectivity index is 2.21. The van der Waals surface area contributed by atoms with Gasteiger partial charge in [-0.3, -0.25) is 9.69 Å². The van der Waals surface area contributed by atoms with Crippen LogP contribution in [0.3, 0.4) is 0 Å². The second kappa shape index (κ2) is 6.69. The molecule has 5 heteroatoms. The number of carbonyl (C=O) groups excluding carboxylic acids is 1. The Morgan fingerprint density at radius 2 is 1.95 bits per heavy atom. The van der Waals surface area contributed by atoms with Crippen LogP contribution in [0.4, 0.5) is 0 Å².